The molecule has 1 aliphatic rings. The number of fused-ring (bicyclic) bond motifs is 1. The molecule has 0 atom stereocenters. The second-order valence-electron chi connectivity index (χ2n) is 5.05. The van der Waals surface area contributed by atoms with E-state index in [0.29, 0.717) is 6.04 Å². The Kier molecular flexibility index (Phi) is 3.49. The van der Waals surface area contributed by atoms with Gasteiger partial charge in [-0.05, 0) is 25.7 Å². The molecule has 3 rings (SSSR count). The number of hydrogen-bond acceptors (Lipinski definition) is 6. The van der Waals surface area contributed by atoms with Crippen LogP contribution < -0.4 is 5.32 Å². The van der Waals surface area contributed by atoms with Crippen molar-refractivity contribution in [2.24, 2.45) is 5.92 Å². The van der Waals surface area contributed by atoms with Gasteiger partial charge < -0.3 is 10.1 Å². The van der Waals surface area contributed by atoms with Crippen molar-refractivity contribution in [3.63, 3.8) is 0 Å². The number of carbonyl (C=O) groups is 1. The molecule has 1 saturated carbocycles. The molecule has 20 heavy (non-hydrogen) atoms. The number of anilines is 1. The molecule has 0 saturated heterocycles. The maximum absolute atomic E-state index is 11.5. The van der Waals surface area contributed by atoms with Crippen molar-refractivity contribution in [1.82, 2.24) is 19.6 Å². The number of hydrogen-bond donors (Lipinski definition) is 1. The largest absolute Gasteiger partial charge is 0.469 e. The van der Waals surface area contributed by atoms with Crippen LogP contribution in [0.1, 0.15) is 25.7 Å². The van der Waals surface area contributed by atoms with E-state index in [2.05, 4.69) is 20.5 Å². The maximum atomic E-state index is 11.5. The molecule has 1 aliphatic carbocycles. The summed E-state index contributed by atoms with van der Waals surface area (Å²) in [4.78, 5) is 15.8. The third kappa shape index (κ3) is 2.43. The number of nitrogens with one attached hydrogen (secondary N) is 1. The predicted molar refractivity (Wildman–Crippen MR) is 72.2 cm³/mol. The third-order valence-electron chi connectivity index (χ3n) is 3.82. The standard InChI is InChI=1S/C13H17N5O2/c1-20-13(19)9-2-4-10(5-3-9)16-11-12-17-15-8-18(12)7-6-14-11/h6-10H,2-5H2,1H3,(H,14,16). The van der Waals surface area contributed by atoms with Crippen molar-refractivity contribution in [3.05, 3.63) is 18.7 Å². The highest BCUT2D eigenvalue weighted by molar-refractivity contribution is 5.72. The van der Waals surface area contributed by atoms with Crippen LogP contribution in [0.15, 0.2) is 18.7 Å². The van der Waals surface area contributed by atoms with Gasteiger partial charge in [-0.15, -0.1) is 10.2 Å². The van der Waals surface area contributed by atoms with E-state index in [1.54, 1.807) is 12.5 Å². The lowest BCUT2D eigenvalue weighted by Crippen LogP contribution is -2.30. The van der Waals surface area contributed by atoms with Gasteiger partial charge in [0.2, 0.25) is 5.65 Å². The van der Waals surface area contributed by atoms with Crippen molar-refractivity contribution in [1.29, 1.82) is 0 Å². The van der Waals surface area contributed by atoms with Crippen LogP contribution in [0.5, 0.6) is 0 Å². The van der Waals surface area contributed by atoms with E-state index in [0.717, 1.165) is 37.1 Å². The van der Waals surface area contributed by atoms with Gasteiger partial charge in [-0.2, -0.15) is 0 Å². The fourth-order valence-electron chi connectivity index (χ4n) is 2.69. The average Bonchev–Trinajstić information content (AvgIpc) is 2.97. The molecule has 0 bridgehead atoms. The molecule has 7 heteroatoms. The Labute approximate surface area is 116 Å². The molecule has 2 heterocycles. The van der Waals surface area contributed by atoms with Crippen molar-refractivity contribution < 1.29 is 9.53 Å². The summed E-state index contributed by atoms with van der Waals surface area (Å²) in [5.41, 5.74) is 0.725. The number of methoxy groups -OCH3 is 1. The second-order valence-corrected chi connectivity index (χ2v) is 5.05. The molecule has 7 nitrogen and oxygen atoms in total. The van der Waals surface area contributed by atoms with Gasteiger partial charge in [-0.25, -0.2) is 4.98 Å². The first kappa shape index (κ1) is 12.8. The van der Waals surface area contributed by atoms with Gasteiger partial charge in [0.1, 0.15) is 6.33 Å². The van der Waals surface area contributed by atoms with Gasteiger partial charge in [-0.1, -0.05) is 0 Å². The van der Waals surface area contributed by atoms with Gasteiger partial charge in [0.25, 0.3) is 0 Å². The molecular weight excluding hydrogens is 258 g/mol. The lowest BCUT2D eigenvalue weighted by molar-refractivity contribution is -0.146. The zero-order valence-corrected chi connectivity index (χ0v) is 11.3. The minimum Gasteiger partial charge on any atom is -0.469 e. The number of aromatic nitrogens is 4. The quantitative estimate of drug-likeness (QED) is 0.849. The van der Waals surface area contributed by atoms with E-state index in [9.17, 15) is 4.79 Å². The summed E-state index contributed by atoms with van der Waals surface area (Å²) >= 11 is 0. The SMILES string of the molecule is COC(=O)C1CCC(Nc2nccn3cnnc23)CC1. The predicted octanol–water partition coefficient (Wildman–Crippen LogP) is 1.27. The van der Waals surface area contributed by atoms with E-state index in [1.807, 2.05) is 10.6 Å². The Morgan fingerprint density at radius 3 is 2.95 bits per heavy atom. The second kappa shape index (κ2) is 5.44. The fraction of sp³-hybridized carbons (Fsp3) is 0.538. The highest BCUT2D eigenvalue weighted by atomic mass is 16.5. The minimum absolute atomic E-state index is 0.0369. The average molecular weight is 275 g/mol. The molecular formula is C13H17N5O2. The lowest BCUT2D eigenvalue weighted by Gasteiger charge is -2.27. The van der Waals surface area contributed by atoms with Crippen molar-refractivity contribution in [3.8, 4) is 0 Å². The van der Waals surface area contributed by atoms with Gasteiger partial charge >= 0.3 is 5.97 Å². The normalized spacial score (nSPS) is 22.6. The molecule has 2 aromatic heterocycles. The Bertz CT molecular complexity index is 604. The van der Waals surface area contributed by atoms with E-state index in [4.69, 9.17) is 4.74 Å². The first-order valence-electron chi connectivity index (χ1n) is 6.76. The summed E-state index contributed by atoms with van der Waals surface area (Å²) in [7, 11) is 1.45. The topological polar surface area (TPSA) is 81.4 Å². The van der Waals surface area contributed by atoms with Gasteiger partial charge in [-0.3, -0.25) is 9.20 Å². The van der Waals surface area contributed by atoms with Crippen LogP contribution in [-0.4, -0.2) is 38.7 Å². The van der Waals surface area contributed by atoms with Crippen molar-refractivity contribution >= 4 is 17.4 Å². The van der Waals surface area contributed by atoms with E-state index >= 15 is 0 Å². The highest BCUT2D eigenvalue weighted by Gasteiger charge is 2.27. The van der Waals surface area contributed by atoms with E-state index < -0.39 is 0 Å². The van der Waals surface area contributed by atoms with E-state index in [1.165, 1.54) is 7.11 Å². The molecule has 0 aromatic carbocycles. The van der Waals surface area contributed by atoms with E-state index in [-0.39, 0.29) is 11.9 Å². The van der Waals surface area contributed by atoms with Crippen LogP contribution in [0.2, 0.25) is 0 Å². The van der Waals surface area contributed by atoms with Crippen LogP contribution in [-0.2, 0) is 9.53 Å². The zero-order chi connectivity index (χ0) is 13.9. The first-order valence-corrected chi connectivity index (χ1v) is 6.76. The van der Waals surface area contributed by atoms with Crippen LogP contribution in [0.4, 0.5) is 5.82 Å². The smallest absolute Gasteiger partial charge is 0.308 e. The molecule has 0 aliphatic heterocycles. The highest BCUT2D eigenvalue weighted by Crippen LogP contribution is 2.27. The van der Waals surface area contributed by atoms with Crippen LogP contribution in [0, 0.1) is 5.92 Å². The lowest BCUT2D eigenvalue weighted by atomic mass is 9.86. The summed E-state index contributed by atoms with van der Waals surface area (Å²) in [5.74, 6) is 0.683. The molecule has 0 radical (unpaired) electrons. The third-order valence-corrected chi connectivity index (χ3v) is 3.82. The van der Waals surface area contributed by atoms with Gasteiger partial charge in [0.05, 0.1) is 13.0 Å². The Morgan fingerprint density at radius 2 is 2.20 bits per heavy atom. The van der Waals surface area contributed by atoms with Crippen LogP contribution in [0.3, 0.4) is 0 Å². The monoisotopic (exact) mass is 275 g/mol. The first-order chi connectivity index (χ1) is 9.78. The number of rotatable bonds is 3. The molecule has 0 amide bonds. The summed E-state index contributed by atoms with van der Waals surface area (Å²) in [6.45, 7) is 0. The molecule has 0 spiro atoms. The van der Waals surface area contributed by atoms with Crippen molar-refractivity contribution in [2.45, 2.75) is 31.7 Å². The summed E-state index contributed by atoms with van der Waals surface area (Å²) in [5, 5.41) is 11.3. The fourth-order valence-corrected chi connectivity index (χ4v) is 2.69. The van der Waals surface area contributed by atoms with Crippen LogP contribution in [0.25, 0.3) is 5.65 Å². The molecule has 2 aromatic rings. The van der Waals surface area contributed by atoms with Gasteiger partial charge in [0, 0.05) is 18.4 Å². The summed E-state index contributed by atoms with van der Waals surface area (Å²) < 4.78 is 6.63. The Hall–Kier alpha value is -2.18. The zero-order valence-electron chi connectivity index (χ0n) is 11.3. The summed E-state index contributed by atoms with van der Waals surface area (Å²) in [6, 6.07) is 0.311. The maximum Gasteiger partial charge on any atom is 0.308 e. The Balaban J connectivity index is 1.65. The molecule has 1 fully saturated rings. The van der Waals surface area contributed by atoms with Crippen molar-refractivity contribution in [2.75, 3.05) is 12.4 Å². The number of ether oxygens (including phenoxy) is 1. The number of carbonyl (C=O) groups excluding carboxylic acids is 1. The molecule has 106 valence electrons. The summed E-state index contributed by atoms with van der Waals surface area (Å²) in [6.07, 6.45) is 8.73. The number of nitrogens with zero attached hydrogens (tertiary/aromatic N) is 4. The molecule has 1 N–H and O–H groups in total. The number of esters is 1. The van der Waals surface area contributed by atoms with Crippen LogP contribution >= 0.6 is 0 Å². The minimum atomic E-state index is -0.0962. The molecule has 0 unspecified atom stereocenters. The van der Waals surface area contributed by atoms with Gasteiger partial charge in [0.15, 0.2) is 5.82 Å². The Morgan fingerprint density at radius 1 is 1.40 bits per heavy atom.